The molecule has 31 heavy (non-hydrogen) atoms. The lowest BCUT2D eigenvalue weighted by Gasteiger charge is -2.31. The largest absolute Gasteiger partial charge is 0.495 e. The Hall–Kier alpha value is -3.39. The summed E-state index contributed by atoms with van der Waals surface area (Å²) in [4.78, 5) is 19.7. The number of likely N-dealkylation sites (tertiary alicyclic amines) is 1. The van der Waals surface area contributed by atoms with Gasteiger partial charge in [0.2, 0.25) is 0 Å². The van der Waals surface area contributed by atoms with E-state index < -0.39 is 0 Å². The molecule has 3 aromatic rings. The molecule has 1 aromatic carbocycles. The number of nitrogens with zero attached hydrogens (tertiary/aromatic N) is 4. The number of benzene rings is 1. The molecule has 0 aliphatic carbocycles. The number of para-hydroxylation sites is 2. The Kier molecular flexibility index (Phi) is 6.18. The van der Waals surface area contributed by atoms with Crippen LogP contribution in [0.4, 0.5) is 11.5 Å². The second-order valence-electron chi connectivity index (χ2n) is 7.82. The maximum absolute atomic E-state index is 12.7. The van der Waals surface area contributed by atoms with E-state index in [0.717, 1.165) is 38.2 Å². The Bertz CT molecular complexity index is 1060. The first kappa shape index (κ1) is 20.9. The maximum atomic E-state index is 12.7. The number of ether oxygens (including phenoxy) is 1. The van der Waals surface area contributed by atoms with Crippen molar-refractivity contribution < 1.29 is 9.53 Å². The van der Waals surface area contributed by atoms with Gasteiger partial charge in [0.15, 0.2) is 0 Å². The molecule has 162 valence electrons. The van der Waals surface area contributed by atoms with Gasteiger partial charge in [-0.25, -0.2) is 4.98 Å². The number of nitrogens with one attached hydrogen (secondary N) is 1. The number of aryl methyl sites for hydroxylation is 1. The van der Waals surface area contributed by atoms with Crippen LogP contribution in [0.25, 0.3) is 0 Å². The molecular formula is C23H28N6O2. The van der Waals surface area contributed by atoms with Crippen molar-refractivity contribution in [2.75, 3.05) is 31.2 Å². The van der Waals surface area contributed by atoms with Crippen LogP contribution in [0.1, 0.15) is 40.5 Å². The van der Waals surface area contributed by atoms with E-state index in [-0.39, 0.29) is 11.7 Å². The molecule has 2 aromatic heterocycles. The Labute approximate surface area is 182 Å². The summed E-state index contributed by atoms with van der Waals surface area (Å²) in [6, 6.07) is 13.0. The molecule has 4 rings (SSSR count). The minimum Gasteiger partial charge on any atom is -0.495 e. The molecule has 1 saturated heterocycles. The van der Waals surface area contributed by atoms with Crippen molar-refractivity contribution in [2.45, 2.75) is 25.3 Å². The highest BCUT2D eigenvalue weighted by Gasteiger charge is 2.23. The maximum Gasteiger partial charge on any atom is 0.259 e. The number of rotatable bonds is 6. The van der Waals surface area contributed by atoms with E-state index in [1.165, 1.54) is 5.69 Å². The zero-order chi connectivity index (χ0) is 21.8. The van der Waals surface area contributed by atoms with E-state index >= 15 is 0 Å². The molecule has 0 saturated carbocycles. The number of nitrogen functional groups attached to an aromatic ring is 1. The first-order valence-corrected chi connectivity index (χ1v) is 10.4. The van der Waals surface area contributed by atoms with Gasteiger partial charge in [0.25, 0.3) is 5.91 Å². The summed E-state index contributed by atoms with van der Waals surface area (Å²) < 4.78 is 7.21. The van der Waals surface area contributed by atoms with Crippen LogP contribution in [0.15, 0.2) is 48.7 Å². The average molecular weight is 421 g/mol. The molecule has 0 unspecified atom stereocenters. The van der Waals surface area contributed by atoms with Crippen LogP contribution in [-0.2, 0) is 13.6 Å². The van der Waals surface area contributed by atoms with Gasteiger partial charge in [0.05, 0.1) is 24.1 Å². The third kappa shape index (κ3) is 4.69. The number of hydrogen-bond acceptors (Lipinski definition) is 6. The van der Waals surface area contributed by atoms with E-state index in [4.69, 9.17) is 10.5 Å². The fourth-order valence-electron chi connectivity index (χ4n) is 4.02. The van der Waals surface area contributed by atoms with E-state index in [1.807, 2.05) is 36.1 Å². The summed E-state index contributed by atoms with van der Waals surface area (Å²) in [6.07, 6.45) is 3.86. The first-order chi connectivity index (χ1) is 15.0. The van der Waals surface area contributed by atoms with Gasteiger partial charge in [-0.3, -0.25) is 14.4 Å². The Morgan fingerprint density at radius 1 is 1.19 bits per heavy atom. The summed E-state index contributed by atoms with van der Waals surface area (Å²) in [5, 5.41) is 7.09. The second-order valence-corrected chi connectivity index (χ2v) is 7.82. The van der Waals surface area contributed by atoms with Gasteiger partial charge in [-0.15, -0.1) is 0 Å². The predicted molar refractivity (Wildman–Crippen MR) is 120 cm³/mol. The third-order valence-electron chi connectivity index (χ3n) is 5.86. The quantitative estimate of drug-likeness (QED) is 0.636. The van der Waals surface area contributed by atoms with Crippen LogP contribution in [-0.4, -0.2) is 45.8 Å². The normalized spacial score (nSPS) is 15.0. The molecule has 1 aliphatic rings. The number of carbonyl (C=O) groups excluding carboxylic acids is 1. The highest BCUT2D eigenvalue weighted by atomic mass is 16.5. The van der Waals surface area contributed by atoms with Gasteiger partial charge in [0.1, 0.15) is 11.6 Å². The van der Waals surface area contributed by atoms with Crippen LogP contribution >= 0.6 is 0 Å². The zero-order valence-electron chi connectivity index (χ0n) is 17.9. The lowest BCUT2D eigenvalue weighted by atomic mass is 9.92. The van der Waals surface area contributed by atoms with E-state index in [0.29, 0.717) is 22.9 Å². The van der Waals surface area contributed by atoms with Crippen molar-refractivity contribution in [3.63, 3.8) is 0 Å². The third-order valence-corrected chi connectivity index (χ3v) is 5.86. The molecule has 0 atom stereocenters. The van der Waals surface area contributed by atoms with Gasteiger partial charge < -0.3 is 15.8 Å². The summed E-state index contributed by atoms with van der Waals surface area (Å²) in [5.41, 5.74) is 9.29. The smallest absolute Gasteiger partial charge is 0.259 e. The van der Waals surface area contributed by atoms with Crippen molar-refractivity contribution >= 4 is 17.4 Å². The molecule has 8 nitrogen and oxygen atoms in total. The molecule has 1 fully saturated rings. The molecule has 8 heteroatoms. The van der Waals surface area contributed by atoms with Gasteiger partial charge in [-0.05, 0) is 56.3 Å². The van der Waals surface area contributed by atoms with Crippen molar-refractivity contribution in [1.82, 2.24) is 19.7 Å². The number of hydrogen-bond donors (Lipinski definition) is 2. The van der Waals surface area contributed by atoms with Gasteiger partial charge in [-0.2, -0.15) is 5.10 Å². The van der Waals surface area contributed by atoms with Crippen molar-refractivity contribution in [2.24, 2.45) is 7.05 Å². The number of nitrogens with two attached hydrogens (primary N) is 1. The van der Waals surface area contributed by atoms with Crippen molar-refractivity contribution in [3.8, 4) is 5.75 Å². The molecule has 3 N–H and O–H groups in total. The van der Waals surface area contributed by atoms with Crippen LogP contribution in [0.5, 0.6) is 5.75 Å². The number of amides is 1. The number of methoxy groups -OCH3 is 1. The topological polar surface area (TPSA) is 98.3 Å². The molecule has 0 bridgehead atoms. The average Bonchev–Trinajstić information content (AvgIpc) is 3.18. The summed E-state index contributed by atoms with van der Waals surface area (Å²) >= 11 is 0. The van der Waals surface area contributed by atoms with Gasteiger partial charge in [0, 0.05) is 31.4 Å². The van der Waals surface area contributed by atoms with Crippen LogP contribution in [0.2, 0.25) is 0 Å². The summed E-state index contributed by atoms with van der Waals surface area (Å²) in [6.45, 7) is 2.89. The standard InChI is InChI=1S/C23H28N6O2/c1-28-17(9-12-25-28)15-29-13-10-16(11-14-29)19-8-7-18(22(24)26-19)23(30)27-20-5-3-4-6-21(20)31-2/h3-9,12,16H,10-11,13-15H2,1-2H3,(H2,24,26)(H,27,30). The molecule has 0 spiro atoms. The SMILES string of the molecule is COc1ccccc1NC(=O)c1ccc(C2CCN(Cc3ccnn3C)CC2)nc1N. The van der Waals surface area contributed by atoms with E-state index in [9.17, 15) is 4.79 Å². The molecular weight excluding hydrogens is 392 g/mol. The predicted octanol–water partition coefficient (Wildman–Crippen LogP) is 3.04. The Balaban J connectivity index is 1.38. The molecule has 1 amide bonds. The number of aromatic nitrogens is 3. The number of piperidine rings is 1. The molecule has 3 heterocycles. The Morgan fingerprint density at radius 3 is 2.65 bits per heavy atom. The van der Waals surface area contributed by atoms with Crippen LogP contribution in [0, 0.1) is 0 Å². The van der Waals surface area contributed by atoms with Gasteiger partial charge in [-0.1, -0.05) is 12.1 Å². The molecule has 1 aliphatic heterocycles. The highest BCUT2D eigenvalue weighted by molar-refractivity contribution is 6.07. The summed E-state index contributed by atoms with van der Waals surface area (Å²) in [7, 11) is 3.54. The van der Waals surface area contributed by atoms with Gasteiger partial charge >= 0.3 is 0 Å². The van der Waals surface area contributed by atoms with Crippen LogP contribution < -0.4 is 15.8 Å². The minimum atomic E-state index is -0.299. The molecule has 0 radical (unpaired) electrons. The van der Waals surface area contributed by atoms with E-state index in [2.05, 4.69) is 26.4 Å². The Morgan fingerprint density at radius 2 is 1.97 bits per heavy atom. The minimum absolute atomic E-state index is 0.252. The highest BCUT2D eigenvalue weighted by Crippen LogP contribution is 2.29. The first-order valence-electron chi connectivity index (χ1n) is 10.4. The monoisotopic (exact) mass is 420 g/mol. The number of carbonyl (C=O) groups is 1. The zero-order valence-corrected chi connectivity index (χ0v) is 17.9. The van der Waals surface area contributed by atoms with Crippen LogP contribution in [0.3, 0.4) is 0 Å². The summed E-state index contributed by atoms with van der Waals surface area (Å²) in [5.74, 6) is 0.891. The lowest BCUT2D eigenvalue weighted by molar-refractivity contribution is 0.102. The van der Waals surface area contributed by atoms with Crippen molar-refractivity contribution in [3.05, 3.63) is 65.6 Å². The fraction of sp³-hybridized carbons (Fsp3) is 0.348. The van der Waals surface area contributed by atoms with Crippen molar-refractivity contribution in [1.29, 1.82) is 0 Å². The second kappa shape index (κ2) is 9.18. The van der Waals surface area contributed by atoms with E-state index in [1.54, 1.807) is 25.3 Å². The fourth-order valence-corrected chi connectivity index (χ4v) is 4.02. The number of pyridine rings is 1. The number of anilines is 2. The lowest BCUT2D eigenvalue weighted by Crippen LogP contribution is -2.33.